The van der Waals surface area contributed by atoms with E-state index in [9.17, 15) is 0 Å². The van der Waals surface area contributed by atoms with E-state index in [1.807, 2.05) is 18.2 Å². The molecule has 112 valence electrons. The molecule has 0 spiro atoms. The maximum atomic E-state index is 6.05. The van der Waals surface area contributed by atoms with Crippen molar-refractivity contribution in [3.05, 3.63) is 28.8 Å². The molecule has 0 aliphatic carbocycles. The summed E-state index contributed by atoms with van der Waals surface area (Å²) < 4.78 is 11.6. The molecule has 1 aliphatic rings. The summed E-state index contributed by atoms with van der Waals surface area (Å²) in [6.45, 7) is 7.01. The van der Waals surface area contributed by atoms with Crippen molar-refractivity contribution in [3.63, 3.8) is 0 Å². The Morgan fingerprint density at radius 3 is 3.10 bits per heavy atom. The van der Waals surface area contributed by atoms with Crippen LogP contribution in [0.25, 0.3) is 0 Å². The maximum absolute atomic E-state index is 6.05. The van der Waals surface area contributed by atoms with E-state index in [-0.39, 0.29) is 6.10 Å². The van der Waals surface area contributed by atoms with Crippen LogP contribution in [-0.2, 0) is 11.3 Å². The molecule has 1 fully saturated rings. The van der Waals surface area contributed by atoms with Crippen molar-refractivity contribution in [3.8, 4) is 5.75 Å². The third-order valence-electron chi connectivity index (χ3n) is 3.35. The van der Waals surface area contributed by atoms with Gasteiger partial charge in [0.25, 0.3) is 0 Å². The third kappa shape index (κ3) is 4.63. The number of halogens is 1. The zero-order valence-corrected chi connectivity index (χ0v) is 12.9. The summed E-state index contributed by atoms with van der Waals surface area (Å²) in [6.07, 6.45) is 0.136. The second kappa shape index (κ2) is 7.84. The highest BCUT2D eigenvalue weighted by Crippen LogP contribution is 2.23. The topological polar surface area (TPSA) is 33.7 Å². The number of morpholine rings is 1. The lowest BCUT2D eigenvalue weighted by molar-refractivity contribution is -0.0404. The highest BCUT2D eigenvalue weighted by Gasteiger charge is 2.18. The second-order valence-electron chi connectivity index (χ2n) is 5.10. The lowest BCUT2D eigenvalue weighted by atomic mass is 10.2. The molecule has 1 unspecified atom stereocenters. The lowest BCUT2D eigenvalue weighted by Crippen LogP contribution is -2.42. The Morgan fingerprint density at radius 2 is 2.35 bits per heavy atom. The number of benzene rings is 1. The number of nitrogens with zero attached hydrogens (tertiary/aromatic N) is 1. The van der Waals surface area contributed by atoms with Crippen LogP contribution in [0.3, 0.4) is 0 Å². The maximum Gasteiger partial charge on any atom is 0.124 e. The zero-order valence-electron chi connectivity index (χ0n) is 12.2. The number of hydrogen-bond acceptors (Lipinski definition) is 4. The fraction of sp³-hybridized carbons (Fsp3) is 0.600. The average Bonchev–Trinajstić information content (AvgIpc) is 2.44. The number of hydrogen-bond donors (Lipinski definition) is 1. The van der Waals surface area contributed by atoms with Crippen LogP contribution in [0.1, 0.15) is 12.5 Å². The zero-order chi connectivity index (χ0) is 14.4. The Hall–Kier alpha value is -0.810. The van der Waals surface area contributed by atoms with Crippen LogP contribution < -0.4 is 10.1 Å². The molecule has 0 amide bonds. The minimum Gasteiger partial charge on any atom is -0.490 e. The molecule has 0 bridgehead atoms. The predicted molar refractivity (Wildman–Crippen MR) is 81.6 cm³/mol. The van der Waals surface area contributed by atoms with E-state index >= 15 is 0 Å². The summed E-state index contributed by atoms with van der Waals surface area (Å²) >= 11 is 6.05. The van der Waals surface area contributed by atoms with Crippen LogP contribution in [0.5, 0.6) is 5.75 Å². The predicted octanol–water partition coefficient (Wildman–Crippen LogP) is 2.16. The van der Waals surface area contributed by atoms with Crippen molar-refractivity contribution in [2.45, 2.75) is 19.6 Å². The summed E-state index contributed by atoms with van der Waals surface area (Å²) in [7, 11) is 2.11. The first-order valence-corrected chi connectivity index (χ1v) is 7.49. The molecule has 1 aromatic rings. The number of nitrogens with one attached hydrogen (secondary N) is 1. The molecule has 1 atom stereocenters. The molecular weight excluding hydrogens is 276 g/mol. The van der Waals surface area contributed by atoms with Gasteiger partial charge in [0, 0.05) is 30.2 Å². The van der Waals surface area contributed by atoms with Gasteiger partial charge in [-0.1, -0.05) is 18.5 Å². The highest BCUT2D eigenvalue weighted by molar-refractivity contribution is 6.30. The van der Waals surface area contributed by atoms with Gasteiger partial charge in [-0.05, 0) is 31.8 Å². The van der Waals surface area contributed by atoms with Gasteiger partial charge in [0.1, 0.15) is 18.5 Å². The van der Waals surface area contributed by atoms with Gasteiger partial charge >= 0.3 is 0 Å². The first-order chi connectivity index (χ1) is 9.69. The van der Waals surface area contributed by atoms with Crippen molar-refractivity contribution in [2.75, 3.05) is 39.9 Å². The summed E-state index contributed by atoms with van der Waals surface area (Å²) in [5.41, 5.74) is 1.09. The van der Waals surface area contributed by atoms with Crippen molar-refractivity contribution < 1.29 is 9.47 Å². The van der Waals surface area contributed by atoms with E-state index < -0.39 is 0 Å². The van der Waals surface area contributed by atoms with Crippen LogP contribution in [0.2, 0.25) is 5.02 Å². The lowest BCUT2D eigenvalue weighted by Gasteiger charge is -2.30. The Kier molecular flexibility index (Phi) is 6.10. The summed E-state index contributed by atoms with van der Waals surface area (Å²) in [6, 6.07) is 5.75. The molecule has 0 aromatic heterocycles. The fourth-order valence-corrected chi connectivity index (χ4v) is 2.43. The molecule has 20 heavy (non-hydrogen) atoms. The van der Waals surface area contributed by atoms with Gasteiger partial charge < -0.3 is 19.7 Å². The van der Waals surface area contributed by atoms with Crippen molar-refractivity contribution in [2.24, 2.45) is 0 Å². The minimum atomic E-state index is 0.136. The molecule has 0 radical (unpaired) electrons. The third-order valence-corrected chi connectivity index (χ3v) is 3.59. The van der Waals surface area contributed by atoms with E-state index in [2.05, 4.69) is 24.2 Å². The summed E-state index contributed by atoms with van der Waals surface area (Å²) in [5, 5.41) is 4.03. The quantitative estimate of drug-likeness (QED) is 0.873. The summed E-state index contributed by atoms with van der Waals surface area (Å²) in [5.74, 6) is 0.882. The molecule has 1 aromatic carbocycles. The Balaban J connectivity index is 1.93. The molecule has 1 aliphatic heterocycles. The van der Waals surface area contributed by atoms with Crippen LogP contribution in [0.15, 0.2) is 18.2 Å². The monoisotopic (exact) mass is 298 g/mol. The van der Waals surface area contributed by atoms with Crippen LogP contribution in [0, 0.1) is 0 Å². The Bertz CT molecular complexity index is 428. The highest BCUT2D eigenvalue weighted by atomic mass is 35.5. The summed E-state index contributed by atoms with van der Waals surface area (Å²) in [4.78, 5) is 2.26. The van der Waals surface area contributed by atoms with Gasteiger partial charge in [0.2, 0.25) is 0 Å². The smallest absolute Gasteiger partial charge is 0.124 e. The molecule has 4 nitrogen and oxygen atoms in total. The van der Waals surface area contributed by atoms with E-state index in [0.29, 0.717) is 6.61 Å². The number of likely N-dealkylation sites (N-methyl/N-ethyl adjacent to an activating group) is 1. The van der Waals surface area contributed by atoms with Gasteiger partial charge in [0.05, 0.1) is 6.61 Å². The van der Waals surface area contributed by atoms with Gasteiger partial charge in [-0.15, -0.1) is 0 Å². The van der Waals surface area contributed by atoms with Crippen molar-refractivity contribution >= 4 is 11.6 Å². The van der Waals surface area contributed by atoms with Crippen LogP contribution in [0.4, 0.5) is 0 Å². The molecule has 2 rings (SSSR count). The minimum absolute atomic E-state index is 0.136. The first kappa shape index (κ1) is 15.6. The standard InChI is InChI=1S/C15H23ClN2O2/c1-3-17-9-12-8-13(16)4-5-15(12)20-11-14-10-18(2)6-7-19-14/h4-5,8,14,17H,3,6-7,9-11H2,1-2H3. The van der Waals surface area contributed by atoms with Gasteiger partial charge in [-0.25, -0.2) is 0 Å². The fourth-order valence-electron chi connectivity index (χ4n) is 2.24. The van der Waals surface area contributed by atoms with Gasteiger partial charge in [0.15, 0.2) is 0 Å². The van der Waals surface area contributed by atoms with Crippen molar-refractivity contribution in [1.82, 2.24) is 10.2 Å². The molecule has 1 N–H and O–H groups in total. The van der Waals surface area contributed by atoms with E-state index in [1.165, 1.54) is 0 Å². The number of ether oxygens (including phenoxy) is 2. The molecule has 1 saturated heterocycles. The van der Waals surface area contributed by atoms with E-state index in [1.54, 1.807) is 0 Å². The van der Waals surface area contributed by atoms with Gasteiger partial charge in [-0.3, -0.25) is 0 Å². The SMILES string of the molecule is CCNCc1cc(Cl)ccc1OCC1CN(C)CCO1. The normalized spacial score (nSPS) is 20.1. The van der Waals surface area contributed by atoms with Crippen molar-refractivity contribution in [1.29, 1.82) is 0 Å². The van der Waals surface area contributed by atoms with Gasteiger partial charge in [-0.2, -0.15) is 0 Å². The van der Waals surface area contributed by atoms with E-state index in [0.717, 1.165) is 49.1 Å². The Morgan fingerprint density at radius 1 is 1.50 bits per heavy atom. The molecule has 1 heterocycles. The van der Waals surface area contributed by atoms with E-state index in [4.69, 9.17) is 21.1 Å². The van der Waals surface area contributed by atoms with Crippen LogP contribution in [-0.4, -0.2) is 50.9 Å². The number of rotatable bonds is 6. The first-order valence-electron chi connectivity index (χ1n) is 7.11. The Labute approximate surface area is 126 Å². The molecular formula is C15H23ClN2O2. The largest absolute Gasteiger partial charge is 0.490 e. The van der Waals surface area contributed by atoms with Crippen LogP contribution >= 0.6 is 11.6 Å². The molecule has 0 saturated carbocycles. The average molecular weight is 299 g/mol. The second-order valence-corrected chi connectivity index (χ2v) is 5.53. The molecule has 5 heteroatoms.